The van der Waals surface area contributed by atoms with Crippen molar-refractivity contribution in [2.75, 3.05) is 31.3 Å². The van der Waals surface area contributed by atoms with Gasteiger partial charge in [-0.05, 0) is 12.5 Å². The summed E-state index contributed by atoms with van der Waals surface area (Å²) in [5, 5.41) is 2.73. The molecule has 5 nitrogen and oxygen atoms in total. The zero-order valence-electron chi connectivity index (χ0n) is 10.3. The summed E-state index contributed by atoms with van der Waals surface area (Å²) in [7, 11) is 1.05. The minimum Gasteiger partial charge on any atom is -0.465 e. The average Bonchev–Trinajstić information content (AvgIpc) is 2.30. The van der Waals surface area contributed by atoms with Crippen LogP contribution < -0.4 is 11.1 Å². The normalized spacial score (nSPS) is 17.7. The van der Waals surface area contributed by atoms with E-state index in [1.165, 1.54) is 0 Å². The van der Waals surface area contributed by atoms with Gasteiger partial charge in [-0.3, -0.25) is 0 Å². The van der Waals surface area contributed by atoms with Gasteiger partial charge in [0.25, 0.3) is 0 Å². The third-order valence-corrected chi connectivity index (χ3v) is 2.94. The van der Waals surface area contributed by atoms with E-state index in [0.29, 0.717) is 13.2 Å². The van der Waals surface area contributed by atoms with E-state index in [0.717, 1.165) is 19.6 Å². The number of ether oxygens (including phenoxy) is 2. The zero-order valence-corrected chi connectivity index (χ0v) is 10.3. The molecule has 1 aromatic rings. The number of hydrogen-bond donors (Lipinski definition) is 2. The molecule has 3 N–H and O–H groups in total. The third kappa shape index (κ3) is 2.60. The summed E-state index contributed by atoms with van der Waals surface area (Å²) in [6.45, 7) is 1.01. The molecular weight excluding hydrogens is 258 g/mol. The maximum atomic E-state index is 14.1. The van der Waals surface area contributed by atoms with E-state index in [-0.39, 0.29) is 17.5 Å². The molecule has 0 aromatic heterocycles. The summed E-state index contributed by atoms with van der Waals surface area (Å²) in [6, 6.07) is 0.888. The molecule has 0 unspecified atom stereocenters. The molecule has 1 saturated heterocycles. The summed E-state index contributed by atoms with van der Waals surface area (Å²) in [6.07, 6.45) is 0.838. The lowest BCUT2D eigenvalue weighted by Crippen LogP contribution is -2.34. The fraction of sp³-hybridized carbons (Fsp3) is 0.417. The number of benzene rings is 1. The van der Waals surface area contributed by atoms with Crippen LogP contribution in [0.3, 0.4) is 0 Å². The van der Waals surface area contributed by atoms with Crippen LogP contribution in [0.5, 0.6) is 0 Å². The minimum atomic E-state index is -1.09. The Morgan fingerprint density at radius 1 is 1.63 bits per heavy atom. The predicted molar refractivity (Wildman–Crippen MR) is 65.0 cm³/mol. The van der Waals surface area contributed by atoms with Crippen molar-refractivity contribution in [2.24, 2.45) is 0 Å². The number of carbonyl (C=O) groups excluding carboxylic acids is 1. The van der Waals surface area contributed by atoms with E-state index in [1.807, 2.05) is 0 Å². The minimum absolute atomic E-state index is 0.0228. The van der Waals surface area contributed by atoms with Gasteiger partial charge in [-0.2, -0.15) is 0 Å². The monoisotopic (exact) mass is 272 g/mol. The van der Waals surface area contributed by atoms with E-state index < -0.39 is 23.2 Å². The number of nitrogens with two attached hydrogens (primary N) is 1. The number of nitrogen functional groups attached to an aromatic ring is 1. The van der Waals surface area contributed by atoms with Gasteiger partial charge in [-0.1, -0.05) is 0 Å². The predicted octanol–water partition coefficient (Wildman–Crippen LogP) is 1.53. The number of rotatable bonds is 4. The fourth-order valence-electron chi connectivity index (χ4n) is 1.77. The van der Waals surface area contributed by atoms with Crippen LogP contribution >= 0.6 is 0 Å². The summed E-state index contributed by atoms with van der Waals surface area (Å²) in [4.78, 5) is 11.3. The molecule has 1 aromatic carbocycles. The Labute approximate surface area is 108 Å². The van der Waals surface area contributed by atoms with Crippen LogP contribution in [-0.4, -0.2) is 32.3 Å². The molecule has 0 amide bonds. The molecule has 0 bridgehead atoms. The number of hydrogen-bond acceptors (Lipinski definition) is 5. The second-order valence-electron chi connectivity index (χ2n) is 4.17. The Morgan fingerprint density at radius 3 is 2.84 bits per heavy atom. The van der Waals surface area contributed by atoms with Crippen LogP contribution in [-0.2, 0) is 9.47 Å². The number of halogens is 2. The smallest absolute Gasteiger partial charge is 0.343 e. The molecule has 1 aliphatic rings. The molecular formula is C12H14F2N2O3. The van der Waals surface area contributed by atoms with E-state index in [2.05, 4.69) is 10.1 Å². The number of methoxy groups -OCH3 is 1. The third-order valence-electron chi connectivity index (χ3n) is 2.94. The highest BCUT2D eigenvalue weighted by molar-refractivity contribution is 5.92. The Balaban J connectivity index is 2.28. The molecule has 1 atom stereocenters. The Kier molecular flexibility index (Phi) is 3.84. The van der Waals surface area contributed by atoms with Gasteiger partial charge in [0, 0.05) is 13.2 Å². The van der Waals surface area contributed by atoms with Crippen LogP contribution in [0.2, 0.25) is 0 Å². The largest absolute Gasteiger partial charge is 0.465 e. The van der Waals surface area contributed by atoms with Crippen molar-refractivity contribution in [1.82, 2.24) is 0 Å². The maximum absolute atomic E-state index is 14.1. The van der Waals surface area contributed by atoms with Crippen LogP contribution in [0.15, 0.2) is 6.07 Å². The summed E-state index contributed by atoms with van der Waals surface area (Å²) in [5.41, 5.74) is 4.56. The van der Waals surface area contributed by atoms with E-state index in [9.17, 15) is 13.6 Å². The van der Waals surface area contributed by atoms with Crippen LogP contribution in [0.4, 0.5) is 20.2 Å². The number of carbonyl (C=O) groups is 1. The van der Waals surface area contributed by atoms with Gasteiger partial charge in [0.15, 0.2) is 5.82 Å². The Hall–Kier alpha value is -1.89. The number of nitrogens with one attached hydrogen (secondary N) is 1. The molecule has 104 valence electrons. The molecule has 0 spiro atoms. The molecule has 2 rings (SSSR count). The molecule has 1 fully saturated rings. The van der Waals surface area contributed by atoms with Gasteiger partial charge in [-0.25, -0.2) is 13.6 Å². The van der Waals surface area contributed by atoms with Crippen LogP contribution in [0, 0.1) is 11.6 Å². The van der Waals surface area contributed by atoms with E-state index in [1.54, 1.807) is 0 Å². The van der Waals surface area contributed by atoms with Crippen molar-refractivity contribution in [3.63, 3.8) is 0 Å². The quantitative estimate of drug-likeness (QED) is 0.642. The van der Waals surface area contributed by atoms with Crippen molar-refractivity contribution >= 4 is 17.3 Å². The first-order valence-electron chi connectivity index (χ1n) is 5.75. The SMILES string of the molecule is COC(=O)c1c(F)cc(N)c(NC[C@@H]2CCO2)c1F. The van der Waals surface area contributed by atoms with Crippen LogP contribution in [0.25, 0.3) is 0 Å². The van der Waals surface area contributed by atoms with Crippen molar-refractivity contribution in [1.29, 1.82) is 0 Å². The Bertz CT molecular complexity index is 504. The molecule has 0 saturated carbocycles. The van der Waals surface area contributed by atoms with Crippen molar-refractivity contribution in [3.8, 4) is 0 Å². The van der Waals surface area contributed by atoms with Crippen molar-refractivity contribution in [2.45, 2.75) is 12.5 Å². The van der Waals surface area contributed by atoms with Crippen LogP contribution in [0.1, 0.15) is 16.8 Å². The highest BCUT2D eigenvalue weighted by Gasteiger charge is 2.25. The zero-order chi connectivity index (χ0) is 14.0. The highest BCUT2D eigenvalue weighted by Crippen LogP contribution is 2.29. The molecule has 19 heavy (non-hydrogen) atoms. The topological polar surface area (TPSA) is 73.6 Å². The van der Waals surface area contributed by atoms with E-state index in [4.69, 9.17) is 10.5 Å². The molecule has 7 heteroatoms. The average molecular weight is 272 g/mol. The molecule has 0 aliphatic carbocycles. The molecule has 0 radical (unpaired) electrons. The van der Waals surface area contributed by atoms with Gasteiger partial charge < -0.3 is 20.5 Å². The maximum Gasteiger partial charge on any atom is 0.343 e. The van der Waals surface area contributed by atoms with E-state index >= 15 is 0 Å². The lowest BCUT2D eigenvalue weighted by Gasteiger charge is -2.27. The molecule has 1 heterocycles. The van der Waals surface area contributed by atoms with Gasteiger partial charge in [-0.15, -0.1) is 0 Å². The summed E-state index contributed by atoms with van der Waals surface area (Å²) >= 11 is 0. The van der Waals surface area contributed by atoms with Gasteiger partial charge in [0.2, 0.25) is 0 Å². The second kappa shape index (κ2) is 5.40. The first-order chi connectivity index (χ1) is 9.04. The second-order valence-corrected chi connectivity index (χ2v) is 4.17. The standard InChI is InChI=1S/C12H14F2N2O3/c1-18-12(17)9-7(13)4-8(15)11(10(9)14)16-5-6-2-3-19-6/h4,6,16H,2-3,5,15H2,1H3/t6-/m0/s1. The summed E-state index contributed by atoms with van der Waals surface area (Å²) < 4.78 is 37.1. The molecule has 1 aliphatic heterocycles. The first kappa shape index (κ1) is 13.5. The fourth-order valence-corrected chi connectivity index (χ4v) is 1.77. The number of esters is 1. The Morgan fingerprint density at radius 2 is 2.32 bits per heavy atom. The van der Waals surface area contributed by atoms with Gasteiger partial charge in [0.05, 0.1) is 24.6 Å². The first-order valence-corrected chi connectivity index (χ1v) is 5.75. The lowest BCUT2D eigenvalue weighted by atomic mass is 10.1. The highest BCUT2D eigenvalue weighted by atomic mass is 19.1. The number of anilines is 2. The van der Waals surface area contributed by atoms with Crippen molar-refractivity contribution < 1.29 is 23.0 Å². The lowest BCUT2D eigenvalue weighted by molar-refractivity contribution is -0.0410. The van der Waals surface area contributed by atoms with Gasteiger partial charge in [0.1, 0.15) is 11.4 Å². The van der Waals surface area contributed by atoms with Gasteiger partial charge >= 0.3 is 5.97 Å². The van der Waals surface area contributed by atoms with Crippen molar-refractivity contribution in [3.05, 3.63) is 23.3 Å². The summed E-state index contributed by atoms with van der Waals surface area (Å²) in [5.74, 6) is -3.19.